The highest BCUT2D eigenvalue weighted by Crippen LogP contribution is 2.28. The van der Waals surface area contributed by atoms with Gasteiger partial charge in [-0.2, -0.15) is 21.3 Å². The van der Waals surface area contributed by atoms with Crippen LogP contribution in [0.15, 0.2) is 77.8 Å². The average molecular weight is 539 g/mol. The Bertz CT molecular complexity index is 1540. The molecule has 39 heavy (non-hydrogen) atoms. The van der Waals surface area contributed by atoms with Gasteiger partial charge in [0.2, 0.25) is 11.9 Å². The fraction of sp³-hybridized carbons (Fsp3) is 0.241. The highest BCUT2D eigenvalue weighted by Gasteiger charge is 2.22. The molecule has 0 unspecified atom stereocenters. The molecule has 5 aromatic rings. The number of anilines is 4. The second kappa shape index (κ2) is 11.2. The molecule has 0 saturated carbocycles. The monoisotopic (exact) mass is 538 g/mol. The van der Waals surface area contributed by atoms with E-state index in [4.69, 9.17) is 9.97 Å². The normalized spacial score (nSPS) is 14.4. The second-order valence-electron chi connectivity index (χ2n) is 9.73. The van der Waals surface area contributed by atoms with Crippen molar-refractivity contribution in [2.24, 2.45) is 0 Å². The number of likely N-dealkylation sites (tertiary alicyclic amines) is 1. The molecule has 1 aliphatic rings. The van der Waals surface area contributed by atoms with Crippen molar-refractivity contribution >= 4 is 51.5 Å². The molecule has 1 aliphatic heterocycles. The summed E-state index contributed by atoms with van der Waals surface area (Å²) in [5.41, 5.74) is 5.38. The molecule has 1 amide bonds. The van der Waals surface area contributed by atoms with E-state index in [-0.39, 0.29) is 11.9 Å². The minimum absolute atomic E-state index is 0.103. The molecule has 3 aromatic heterocycles. The molecule has 2 aromatic carbocycles. The van der Waals surface area contributed by atoms with E-state index in [2.05, 4.69) is 67.6 Å². The molecule has 9 nitrogen and oxygen atoms in total. The fourth-order valence-electron chi connectivity index (χ4n) is 4.87. The third kappa shape index (κ3) is 5.92. The van der Waals surface area contributed by atoms with Gasteiger partial charge in [0, 0.05) is 49.4 Å². The van der Waals surface area contributed by atoms with Crippen LogP contribution in [0.5, 0.6) is 0 Å². The number of nitrogens with one attached hydrogen (secondary N) is 3. The average Bonchev–Trinajstić information content (AvgIpc) is 3.62. The van der Waals surface area contributed by atoms with Gasteiger partial charge < -0.3 is 16.0 Å². The molecule has 0 spiro atoms. The smallest absolute Gasteiger partial charge is 0.227 e. The SMILES string of the molecule is CC(=O)Nc1ccc(Nc2nc(NC3CCN(Cc4ccccc4)CC3)nc3c2ncn3-c2ccsc2)cc1. The number of fused-ring (bicyclic) bond motifs is 1. The van der Waals surface area contributed by atoms with Crippen LogP contribution in [0, 0.1) is 0 Å². The number of carbonyl (C=O) groups excluding carboxylic acids is 1. The van der Waals surface area contributed by atoms with E-state index >= 15 is 0 Å². The maximum atomic E-state index is 11.4. The van der Waals surface area contributed by atoms with Crippen molar-refractivity contribution in [2.75, 3.05) is 29.0 Å². The minimum atomic E-state index is -0.103. The summed E-state index contributed by atoms with van der Waals surface area (Å²) in [6, 6.07) is 20.5. The van der Waals surface area contributed by atoms with E-state index in [9.17, 15) is 4.79 Å². The Kier molecular flexibility index (Phi) is 7.20. The van der Waals surface area contributed by atoms with Gasteiger partial charge in [0.15, 0.2) is 17.0 Å². The van der Waals surface area contributed by atoms with Crippen molar-refractivity contribution in [3.8, 4) is 5.69 Å². The summed E-state index contributed by atoms with van der Waals surface area (Å²) in [5.74, 6) is 1.11. The first-order valence-electron chi connectivity index (χ1n) is 13.1. The van der Waals surface area contributed by atoms with Gasteiger partial charge in [0.25, 0.3) is 0 Å². The molecular formula is C29H30N8OS. The van der Waals surface area contributed by atoms with Crippen molar-refractivity contribution in [2.45, 2.75) is 32.4 Å². The second-order valence-corrected chi connectivity index (χ2v) is 10.5. The third-order valence-electron chi connectivity index (χ3n) is 6.82. The van der Waals surface area contributed by atoms with Crippen LogP contribution in [-0.4, -0.2) is 49.5 Å². The van der Waals surface area contributed by atoms with Gasteiger partial charge in [-0.1, -0.05) is 30.3 Å². The van der Waals surface area contributed by atoms with Gasteiger partial charge in [-0.15, -0.1) is 0 Å². The molecule has 0 radical (unpaired) electrons. The van der Waals surface area contributed by atoms with Crippen LogP contribution in [0.25, 0.3) is 16.9 Å². The van der Waals surface area contributed by atoms with Crippen LogP contribution < -0.4 is 16.0 Å². The third-order valence-corrected chi connectivity index (χ3v) is 7.49. The zero-order valence-electron chi connectivity index (χ0n) is 21.7. The number of hydrogen-bond donors (Lipinski definition) is 3. The molecule has 0 bridgehead atoms. The molecule has 3 N–H and O–H groups in total. The van der Waals surface area contributed by atoms with Crippen LogP contribution >= 0.6 is 11.3 Å². The molecule has 1 saturated heterocycles. The van der Waals surface area contributed by atoms with Gasteiger partial charge in [-0.05, 0) is 54.1 Å². The van der Waals surface area contributed by atoms with E-state index in [1.165, 1.54) is 12.5 Å². The van der Waals surface area contributed by atoms with Crippen molar-refractivity contribution in [1.82, 2.24) is 24.4 Å². The summed E-state index contributed by atoms with van der Waals surface area (Å²) in [6.07, 6.45) is 3.83. The van der Waals surface area contributed by atoms with Crippen LogP contribution in [0.3, 0.4) is 0 Å². The van der Waals surface area contributed by atoms with Crippen molar-refractivity contribution in [1.29, 1.82) is 0 Å². The molecule has 198 valence electrons. The lowest BCUT2D eigenvalue weighted by atomic mass is 10.0. The Labute approximate surface area is 230 Å². The van der Waals surface area contributed by atoms with Crippen molar-refractivity contribution < 1.29 is 4.79 Å². The van der Waals surface area contributed by atoms with Crippen LogP contribution in [0.4, 0.5) is 23.1 Å². The summed E-state index contributed by atoms with van der Waals surface area (Å²) in [7, 11) is 0. The number of rotatable bonds is 8. The van der Waals surface area contributed by atoms with E-state index in [0.717, 1.165) is 55.2 Å². The van der Waals surface area contributed by atoms with Crippen molar-refractivity contribution in [3.05, 3.63) is 83.3 Å². The first-order valence-corrected chi connectivity index (χ1v) is 14.0. The Balaban J connectivity index is 1.23. The maximum Gasteiger partial charge on any atom is 0.227 e. The zero-order valence-corrected chi connectivity index (χ0v) is 22.5. The number of hydrogen-bond acceptors (Lipinski definition) is 8. The van der Waals surface area contributed by atoms with E-state index in [0.29, 0.717) is 17.3 Å². The Hall–Kier alpha value is -4.28. The van der Waals surface area contributed by atoms with E-state index in [1.54, 1.807) is 17.7 Å². The highest BCUT2D eigenvalue weighted by atomic mass is 32.1. The Morgan fingerprint density at radius 2 is 1.77 bits per heavy atom. The van der Waals surface area contributed by atoms with Crippen molar-refractivity contribution in [3.63, 3.8) is 0 Å². The van der Waals surface area contributed by atoms with E-state index < -0.39 is 0 Å². The van der Waals surface area contributed by atoms with Crippen LogP contribution in [0.1, 0.15) is 25.3 Å². The zero-order chi connectivity index (χ0) is 26.6. The lowest BCUT2D eigenvalue weighted by Crippen LogP contribution is -2.39. The number of piperidine rings is 1. The number of benzene rings is 2. The van der Waals surface area contributed by atoms with Gasteiger partial charge in [0.05, 0.1) is 5.69 Å². The summed E-state index contributed by atoms with van der Waals surface area (Å²) < 4.78 is 1.99. The predicted octanol–water partition coefficient (Wildman–Crippen LogP) is 5.66. The number of thiophene rings is 1. The number of amides is 1. The van der Waals surface area contributed by atoms with Gasteiger partial charge >= 0.3 is 0 Å². The van der Waals surface area contributed by atoms with Gasteiger partial charge in [0.1, 0.15) is 6.33 Å². The number of carbonyl (C=O) groups is 1. The summed E-state index contributed by atoms with van der Waals surface area (Å²) in [5, 5.41) is 13.9. The summed E-state index contributed by atoms with van der Waals surface area (Å²) >= 11 is 1.63. The number of aromatic nitrogens is 4. The van der Waals surface area contributed by atoms with Crippen LogP contribution in [-0.2, 0) is 11.3 Å². The summed E-state index contributed by atoms with van der Waals surface area (Å²) in [6.45, 7) is 4.51. The first kappa shape index (κ1) is 25.0. The molecule has 10 heteroatoms. The maximum absolute atomic E-state index is 11.4. The lowest BCUT2D eigenvalue weighted by molar-refractivity contribution is -0.114. The molecule has 6 rings (SSSR count). The Morgan fingerprint density at radius 3 is 2.49 bits per heavy atom. The minimum Gasteiger partial charge on any atom is -0.351 e. The largest absolute Gasteiger partial charge is 0.351 e. The fourth-order valence-corrected chi connectivity index (χ4v) is 5.50. The summed E-state index contributed by atoms with van der Waals surface area (Å²) in [4.78, 5) is 28.3. The number of nitrogens with zero attached hydrogens (tertiary/aromatic N) is 5. The molecule has 0 atom stereocenters. The van der Waals surface area contributed by atoms with Gasteiger partial charge in [-0.3, -0.25) is 14.3 Å². The lowest BCUT2D eigenvalue weighted by Gasteiger charge is -2.32. The molecule has 4 heterocycles. The van der Waals surface area contributed by atoms with Gasteiger partial charge in [-0.25, -0.2) is 4.98 Å². The highest BCUT2D eigenvalue weighted by molar-refractivity contribution is 7.08. The first-order chi connectivity index (χ1) is 19.1. The predicted molar refractivity (Wildman–Crippen MR) is 157 cm³/mol. The topological polar surface area (TPSA) is 100 Å². The van der Waals surface area contributed by atoms with E-state index in [1.807, 2.05) is 34.2 Å². The number of imidazole rings is 1. The van der Waals surface area contributed by atoms with Crippen LogP contribution in [0.2, 0.25) is 0 Å². The standard InChI is InChI=1S/C29H30N8OS/c1-20(38)31-22-7-9-23(10-8-22)32-27-26-28(37(19-30-26)25-13-16-39-18-25)35-29(34-27)33-24-11-14-36(15-12-24)17-21-5-3-2-4-6-21/h2-10,13,16,18-19,24H,11-12,14-15,17H2,1H3,(H,31,38)(H2,32,33,34,35). The Morgan fingerprint density at radius 1 is 1.00 bits per heavy atom. The quantitative estimate of drug-likeness (QED) is 0.235. The molecule has 1 fully saturated rings. The molecule has 0 aliphatic carbocycles. The molecular weight excluding hydrogens is 508 g/mol.